The first-order valence-corrected chi connectivity index (χ1v) is 5.47. The number of nitrogens with zero attached hydrogens (tertiary/aromatic N) is 2. The molecule has 0 aliphatic heterocycles. The fraction of sp³-hybridized carbons (Fsp3) is 0.154. The number of methoxy groups -OCH3 is 1. The van der Waals surface area contributed by atoms with Crippen LogP contribution in [0.4, 0.5) is 8.78 Å². The van der Waals surface area contributed by atoms with Gasteiger partial charge in [0.2, 0.25) is 5.43 Å². The number of ether oxygens (including phenoxy) is 1. The van der Waals surface area contributed by atoms with E-state index in [1.165, 1.54) is 0 Å². The zero-order valence-electron chi connectivity index (χ0n) is 10.3. The van der Waals surface area contributed by atoms with Crippen molar-refractivity contribution in [3.63, 3.8) is 0 Å². The van der Waals surface area contributed by atoms with E-state index in [-0.39, 0.29) is 16.5 Å². The molecule has 1 aromatic carbocycles. The summed E-state index contributed by atoms with van der Waals surface area (Å²) in [6.07, 6.45) is 1.04. The Morgan fingerprint density at radius 3 is 2.75 bits per heavy atom. The summed E-state index contributed by atoms with van der Waals surface area (Å²) in [4.78, 5) is 23.2. The zero-order valence-corrected chi connectivity index (χ0v) is 10.3. The predicted octanol–water partition coefficient (Wildman–Crippen LogP) is 1.32. The summed E-state index contributed by atoms with van der Waals surface area (Å²) >= 11 is 0. The molecule has 0 radical (unpaired) electrons. The van der Waals surface area contributed by atoms with Gasteiger partial charge in [-0.3, -0.25) is 9.59 Å². The van der Waals surface area contributed by atoms with E-state index in [9.17, 15) is 18.4 Å². The van der Waals surface area contributed by atoms with Gasteiger partial charge in [-0.2, -0.15) is 5.26 Å². The molecule has 1 heterocycles. The van der Waals surface area contributed by atoms with Gasteiger partial charge in [-0.1, -0.05) is 0 Å². The standard InChI is InChI=1S/C13H8F2N2O3/c1-20-11(18)6-17-5-7(4-16)13(19)9-2-8(14)3-10(15)12(9)17/h2-3,5H,6H2,1H3. The van der Waals surface area contributed by atoms with Crippen LogP contribution in [0.1, 0.15) is 5.56 Å². The van der Waals surface area contributed by atoms with Crippen molar-refractivity contribution < 1.29 is 18.3 Å². The molecule has 0 saturated heterocycles. The maximum Gasteiger partial charge on any atom is 0.325 e. The average Bonchev–Trinajstić information content (AvgIpc) is 2.41. The summed E-state index contributed by atoms with van der Waals surface area (Å²) in [7, 11) is 1.15. The molecule has 0 saturated carbocycles. The van der Waals surface area contributed by atoms with Crippen LogP contribution in [0.25, 0.3) is 10.9 Å². The Morgan fingerprint density at radius 2 is 2.15 bits per heavy atom. The van der Waals surface area contributed by atoms with E-state index in [0.717, 1.165) is 23.9 Å². The second-order valence-corrected chi connectivity index (χ2v) is 3.97. The minimum atomic E-state index is -0.995. The van der Waals surface area contributed by atoms with Gasteiger partial charge in [-0.05, 0) is 6.07 Å². The van der Waals surface area contributed by atoms with Crippen molar-refractivity contribution in [2.75, 3.05) is 7.11 Å². The second kappa shape index (κ2) is 5.09. The Morgan fingerprint density at radius 1 is 1.45 bits per heavy atom. The normalized spacial score (nSPS) is 10.3. The summed E-state index contributed by atoms with van der Waals surface area (Å²) in [5, 5.41) is 8.56. The second-order valence-electron chi connectivity index (χ2n) is 3.97. The lowest BCUT2D eigenvalue weighted by Crippen LogP contribution is -2.18. The minimum Gasteiger partial charge on any atom is -0.468 e. The summed E-state index contributed by atoms with van der Waals surface area (Å²) in [6.45, 7) is -0.398. The highest BCUT2D eigenvalue weighted by molar-refractivity contribution is 5.82. The fourth-order valence-electron chi connectivity index (χ4n) is 1.86. The highest BCUT2D eigenvalue weighted by atomic mass is 19.1. The molecule has 0 amide bonds. The van der Waals surface area contributed by atoms with Crippen LogP contribution in [0.15, 0.2) is 23.1 Å². The molecular weight excluding hydrogens is 270 g/mol. The number of carbonyl (C=O) groups is 1. The van der Waals surface area contributed by atoms with Crippen LogP contribution < -0.4 is 5.43 Å². The number of pyridine rings is 1. The Balaban J connectivity index is 2.87. The number of hydrogen-bond acceptors (Lipinski definition) is 4. The third-order valence-electron chi connectivity index (χ3n) is 2.74. The van der Waals surface area contributed by atoms with E-state index in [1.54, 1.807) is 6.07 Å². The first-order chi connectivity index (χ1) is 9.47. The van der Waals surface area contributed by atoms with Crippen molar-refractivity contribution in [2.45, 2.75) is 6.54 Å². The molecule has 20 heavy (non-hydrogen) atoms. The number of halogens is 2. The van der Waals surface area contributed by atoms with Gasteiger partial charge in [0.1, 0.15) is 24.0 Å². The van der Waals surface area contributed by atoms with Gasteiger partial charge in [-0.25, -0.2) is 8.78 Å². The number of fused-ring (bicyclic) bond motifs is 1. The quantitative estimate of drug-likeness (QED) is 0.777. The van der Waals surface area contributed by atoms with Gasteiger partial charge in [-0.15, -0.1) is 0 Å². The van der Waals surface area contributed by atoms with Crippen LogP contribution in [-0.4, -0.2) is 17.6 Å². The molecule has 0 aliphatic rings. The SMILES string of the molecule is COC(=O)Cn1cc(C#N)c(=O)c2cc(F)cc(F)c21. The maximum atomic E-state index is 13.8. The van der Waals surface area contributed by atoms with E-state index in [1.807, 2.05) is 0 Å². The largest absolute Gasteiger partial charge is 0.468 e. The van der Waals surface area contributed by atoms with E-state index in [2.05, 4.69) is 4.74 Å². The van der Waals surface area contributed by atoms with Crippen molar-refractivity contribution in [2.24, 2.45) is 0 Å². The van der Waals surface area contributed by atoms with Crippen LogP contribution >= 0.6 is 0 Å². The lowest BCUT2D eigenvalue weighted by molar-refractivity contribution is -0.141. The first kappa shape index (κ1) is 13.7. The Kier molecular flexibility index (Phi) is 3.48. The fourth-order valence-corrected chi connectivity index (χ4v) is 1.86. The maximum absolute atomic E-state index is 13.8. The van der Waals surface area contributed by atoms with Gasteiger partial charge in [0.15, 0.2) is 5.82 Å². The molecular formula is C13H8F2N2O3. The van der Waals surface area contributed by atoms with Crippen molar-refractivity contribution in [3.05, 3.63) is 45.8 Å². The average molecular weight is 278 g/mol. The number of aromatic nitrogens is 1. The molecule has 0 aliphatic carbocycles. The van der Waals surface area contributed by atoms with Crippen LogP contribution in [0.5, 0.6) is 0 Å². The molecule has 102 valence electrons. The third kappa shape index (κ3) is 2.23. The van der Waals surface area contributed by atoms with Crippen molar-refractivity contribution in [1.29, 1.82) is 5.26 Å². The molecule has 0 fully saturated rings. The van der Waals surface area contributed by atoms with Crippen LogP contribution in [0.2, 0.25) is 0 Å². The van der Waals surface area contributed by atoms with Gasteiger partial charge in [0, 0.05) is 12.3 Å². The Bertz CT molecular complexity index is 806. The van der Waals surface area contributed by atoms with Gasteiger partial charge in [0.25, 0.3) is 0 Å². The molecule has 2 rings (SSSR count). The number of carbonyl (C=O) groups excluding carboxylic acids is 1. The lowest BCUT2D eigenvalue weighted by atomic mass is 10.1. The molecule has 7 heteroatoms. The summed E-state index contributed by atoms with van der Waals surface area (Å²) in [5.41, 5.74) is -1.35. The van der Waals surface area contributed by atoms with Crippen LogP contribution in [0, 0.1) is 23.0 Å². The van der Waals surface area contributed by atoms with E-state index in [0.29, 0.717) is 6.07 Å². The Labute approximate surface area is 111 Å². The van der Waals surface area contributed by atoms with Crippen molar-refractivity contribution >= 4 is 16.9 Å². The molecule has 5 nitrogen and oxygen atoms in total. The smallest absolute Gasteiger partial charge is 0.325 e. The molecule has 1 aromatic heterocycles. The lowest BCUT2D eigenvalue weighted by Gasteiger charge is -2.11. The van der Waals surface area contributed by atoms with Gasteiger partial charge in [0.05, 0.1) is 18.0 Å². The predicted molar refractivity (Wildman–Crippen MR) is 64.9 cm³/mol. The molecule has 0 spiro atoms. The molecule has 2 aromatic rings. The third-order valence-corrected chi connectivity index (χ3v) is 2.74. The van der Waals surface area contributed by atoms with Gasteiger partial charge >= 0.3 is 5.97 Å². The topological polar surface area (TPSA) is 72.1 Å². The van der Waals surface area contributed by atoms with E-state index >= 15 is 0 Å². The molecule has 0 bridgehead atoms. The number of nitriles is 1. The number of benzene rings is 1. The van der Waals surface area contributed by atoms with Crippen LogP contribution in [0.3, 0.4) is 0 Å². The molecule has 0 N–H and O–H groups in total. The van der Waals surface area contributed by atoms with Crippen molar-refractivity contribution in [3.8, 4) is 6.07 Å². The zero-order chi connectivity index (χ0) is 14.9. The summed E-state index contributed by atoms with van der Waals surface area (Å²) in [6, 6.07) is 3.06. The highest BCUT2D eigenvalue weighted by Crippen LogP contribution is 2.18. The van der Waals surface area contributed by atoms with Gasteiger partial charge < -0.3 is 9.30 Å². The van der Waals surface area contributed by atoms with Crippen molar-refractivity contribution in [1.82, 2.24) is 4.57 Å². The first-order valence-electron chi connectivity index (χ1n) is 5.47. The number of esters is 1. The minimum absolute atomic E-state index is 0.249. The number of rotatable bonds is 2. The van der Waals surface area contributed by atoms with Crippen LogP contribution in [-0.2, 0) is 16.1 Å². The molecule has 0 unspecified atom stereocenters. The number of hydrogen-bond donors (Lipinski definition) is 0. The summed E-state index contributed by atoms with van der Waals surface area (Å²) in [5.74, 6) is -2.63. The van der Waals surface area contributed by atoms with E-state index < -0.39 is 29.6 Å². The summed E-state index contributed by atoms with van der Waals surface area (Å²) < 4.78 is 32.6. The highest BCUT2D eigenvalue weighted by Gasteiger charge is 2.16. The molecule has 0 atom stereocenters. The Hall–Kier alpha value is -2.75. The van der Waals surface area contributed by atoms with E-state index in [4.69, 9.17) is 5.26 Å². The monoisotopic (exact) mass is 278 g/mol.